The fraction of sp³-hybridized carbons (Fsp3) is 0.0714. The number of aromatic amines is 1. The van der Waals surface area contributed by atoms with Crippen LogP contribution in [0.5, 0.6) is 0 Å². The minimum Gasteiger partial charge on any atom is -0.338 e. The summed E-state index contributed by atoms with van der Waals surface area (Å²) in [6.07, 6.45) is 1.15. The van der Waals surface area contributed by atoms with E-state index in [0.717, 1.165) is 6.26 Å². The Morgan fingerprint density at radius 1 is 1.10 bits per heavy atom. The van der Waals surface area contributed by atoms with Crippen molar-refractivity contribution in [3.05, 3.63) is 48.3 Å². The molecule has 1 N–H and O–H groups in total. The van der Waals surface area contributed by atoms with Crippen molar-refractivity contribution >= 4 is 20.9 Å². The van der Waals surface area contributed by atoms with Crippen molar-refractivity contribution in [2.45, 2.75) is 4.90 Å². The van der Waals surface area contributed by atoms with Crippen LogP contribution in [0.25, 0.3) is 22.4 Å². The zero-order valence-corrected chi connectivity index (χ0v) is 11.4. The summed E-state index contributed by atoms with van der Waals surface area (Å²) in [5, 5.41) is 0. The lowest BCUT2D eigenvalue weighted by molar-refractivity contribution is 0.602. The van der Waals surface area contributed by atoms with Gasteiger partial charge in [-0.05, 0) is 36.4 Å². The topological polar surface area (TPSA) is 62.8 Å². The standard InChI is InChI=1S/C14H11FN2O2S/c1-20(18,19)10-7-5-9(6-8-10)14-16-12-4-2-3-11(15)13(12)17-14/h2-8H,1H3,(H,16,17). The van der Waals surface area contributed by atoms with Gasteiger partial charge >= 0.3 is 0 Å². The van der Waals surface area contributed by atoms with E-state index in [1.54, 1.807) is 24.3 Å². The van der Waals surface area contributed by atoms with Gasteiger partial charge in [0.25, 0.3) is 0 Å². The zero-order valence-electron chi connectivity index (χ0n) is 10.6. The number of nitrogens with one attached hydrogen (secondary N) is 1. The Morgan fingerprint density at radius 3 is 2.40 bits per heavy atom. The van der Waals surface area contributed by atoms with E-state index < -0.39 is 15.7 Å². The van der Waals surface area contributed by atoms with Crippen molar-refractivity contribution in [2.24, 2.45) is 0 Å². The van der Waals surface area contributed by atoms with Gasteiger partial charge < -0.3 is 4.98 Å². The summed E-state index contributed by atoms with van der Waals surface area (Å²) >= 11 is 0. The first-order chi connectivity index (χ1) is 9.45. The van der Waals surface area contributed by atoms with Crippen molar-refractivity contribution < 1.29 is 12.8 Å². The van der Waals surface area contributed by atoms with Gasteiger partial charge in [0.15, 0.2) is 15.7 Å². The molecule has 1 heterocycles. The van der Waals surface area contributed by atoms with Crippen LogP contribution in [0.15, 0.2) is 47.4 Å². The molecule has 0 saturated carbocycles. The van der Waals surface area contributed by atoms with E-state index >= 15 is 0 Å². The molecule has 1 aromatic heterocycles. The summed E-state index contributed by atoms with van der Waals surface area (Å²) in [6.45, 7) is 0. The van der Waals surface area contributed by atoms with Crippen molar-refractivity contribution in [3.8, 4) is 11.4 Å². The first-order valence-corrected chi connectivity index (χ1v) is 7.79. The summed E-state index contributed by atoms with van der Waals surface area (Å²) in [4.78, 5) is 7.44. The SMILES string of the molecule is CS(=O)(=O)c1ccc(-c2nc3c(F)cccc3[nH]2)cc1. The second-order valence-corrected chi connectivity index (χ2v) is 6.53. The van der Waals surface area contributed by atoms with Gasteiger partial charge in [0.1, 0.15) is 11.3 Å². The number of hydrogen-bond acceptors (Lipinski definition) is 3. The molecule has 0 amide bonds. The first-order valence-electron chi connectivity index (χ1n) is 5.90. The molecule has 0 bridgehead atoms. The lowest BCUT2D eigenvalue weighted by Crippen LogP contribution is -1.96. The van der Waals surface area contributed by atoms with Gasteiger partial charge in [-0.1, -0.05) is 6.07 Å². The van der Waals surface area contributed by atoms with Crippen LogP contribution in [-0.2, 0) is 9.84 Å². The molecule has 0 aliphatic rings. The molecule has 102 valence electrons. The minimum absolute atomic E-state index is 0.239. The number of imidazole rings is 1. The Morgan fingerprint density at radius 2 is 1.80 bits per heavy atom. The number of hydrogen-bond donors (Lipinski definition) is 1. The number of benzene rings is 2. The van der Waals surface area contributed by atoms with Crippen molar-refractivity contribution in [2.75, 3.05) is 6.26 Å². The number of fused-ring (bicyclic) bond motifs is 1. The van der Waals surface area contributed by atoms with E-state index in [1.165, 1.54) is 18.2 Å². The van der Waals surface area contributed by atoms with Crippen LogP contribution in [0.2, 0.25) is 0 Å². The molecule has 2 aromatic carbocycles. The van der Waals surface area contributed by atoms with Gasteiger partial charge in [-0.25, -0.2) is 17.8 Å². The summed E-state index contributed by atoms with van der Waals surface area (Å²) in [5.41, 5.74) is 1.58. The van der Waals surface area contributed by atoms with E-state index in [1.807, 2.05) is 0 Å². The van der Waals surface area contributed by atoms with Crippen molar-refractivity contribution in [3.63, 3.8) is 0 Å². The largest absolute Gasteiger partial charge is 0.338 e. The average molecular weight is 290 g/mol. The molecule has 3 rings (SSSR count). The van der Waals surface area contributed by atoms with Gasteiger partial charge in [-0.3, -0.25) is 0 Å². The number of sulfone groups is 1. The van der Waals surface area contributed by atoms with E-state index in [4.69, 9.17) is 0 Å². The summed E-state index contributed by atoms with van der Waals surface area (Å²) in [7, 11) is -3.22. The van der Waals surface area contributed by atoms with Gasteiger partial charge in [-0.2, -0.15) is 0 Å². The highest BCUT2D eigenvalue weighted by atomic mass is 32.2. The molecule has 4 nitrogen and oxygen atoms in total. The Bertz CT molecular complexity index is 883. The summed E-state index contributed by atoms with van der Waals surface area (Å²) < 4.78 is 36.4. The molecule has 0 unspecified atom stereocenters. The lowest BCUT2D eigenvalue weighted by Gasteiger charge is -1.99. The maximum absolute atomic E-state index is 13.6. The molecule has 0 fully saturated rings. The van der Waals surface area contributed by atoms with E-state index in [9.17, 15) is 12.8 Å². The molecular weight excluding hydrogens is 279 g/mol. The molecule has 0 saturated heterocycles. The molecule has 3 aromatic rings. The smallest absolute Gasteiger partial charge is 0.175 e. The predicted molar refractivity (Wildman–Crippen MR) is 74.6 cm³/mol. The normalized spacial score (nSPS) is 11.9. The monoisotopic (exact) mass is 290 g/mol. The maximum Gasteiger partial charge on any atom is 0.175 e. The highest BCUT2D eigenvalue weighted by molar-refractivity contribution is 7.90. The highest BCUT2D eigenvalue weighted by Gasteiger charge is 2.10. The van der Waals surface area contributed by atoms with Gasteiger partial charge in [0.05, 0.1) is 10.4 Å². The third-order valence-electron chi connectivity index (χ3n) is 3.02. The Kier molecular flexibility index (Phi) is 2.83. The van der Waals surface area contributed by atoms with E-state index in [2.05, 4.69) is 9.97 Å². The molecular formula is C14H11FN2O2S. The lowest BCUT2D eigenvalue weighted by atomic mass is 10.2. The Hall–Kier alpha value is -2.21. The van der Waals surface area contributed by atoms with Gasteiger partial charge in [-0.15, -0.1) is 0 Å². The van der Waals surface area contributed by atoms with Crippen molar-refractivity contribution in [1.29, 1.82) is 0 Å². The molecule has 0 spiro atoms. The molecule has 0 atom stereocenters. The zero-order chi connectivity index (χ0) is 14.3. The van der Waals surface area contributed by atoms with Crippen LogP contribution in [0, 0.1) is 5.82 Å². The quantitative estimate of drug-likeness (QED) is 0.789. The number of para-hydroxylation sites is 1. The van der Waals surface area contributed by atoms with E-state index in [0.29, 0.717) is 16.9 Å². The highest BCUT2D eigenvalue weighted by Crippen LogP contribution is 2.23. The fourth-order valence-electron chi connectivity index (χ4n) is 1.99. The molecule has 0 aliphatic heterocycles. The molecule has 6 heteroatoms. The third kappa shape index (κ3) is 2.18. The number of rotatable bonds is 2. The third-order valence-corrected chi connectivity index (χ3v) is 4.15. The van der Waals surface area contributed by atoms with Crippen LogP contribution in [0.1, 0.15) is 0 Å². The number of nitrogens with zero attached hydrogens (tertiary/aromatic N) is 1. The predicted octanol–water partition coefficient (Wildman–Crippen LogP) is 2.77. The maximum atomic E-state index is 13.6. The average Bonchev–Trinajstić information content (AvgIpc) is 2.83. The Labute approximate surface area is 115 Å². The Balaban J connectivity index is 2.09. The number of aromatic nitrogens is 2. The molecule has 0 aliphatic carbocycles. The van der Waals surface area contributed by atoms with Crippen LogP contribution < -0.4 is 0 Å². The first kappa shape index (κ1) is 12.8. The van der Waals surface area contributed by atoms with Gasteiger partial charge in [0.2, 0.25) is 0 Å². The van der Waals surface area contributed by atoms with Gasteiger partial charge in [0, 0.05) is 11.8 Å². The minimum atomic E-state index is -3.22. The van der Waals surface area contributed by atoms with Crippen molar-refractivity contribution in [1.82, 2.24) is 9.97 Å². The number of H-pyrrole nitrogens is 1. The summed E-state index contributed by atoms with van der Waals surface area (Å²) in [5.74, 6) is 0.114. The van der Waals surface area contributed by atoms with E-state index in [-0.39, 0.29) is 10.4 Å². The molecule has 0 radical (unpaired) electrons. The van der Waals surface area contributed by atoms with Crippen LogP contribution in [-0.4, -0.2) is 24.6 Å². The van der Waals surface area contributed by atoms with Crippen LogP contribution in [0.4, 0.5) is 4.39 Å². The van der Waals surface area contributed by atoms with Crippen LogP contribution in [0.3, 0.4) is 0 Å². The summed E-state index contributed by atoms with van der Waals surface area (Å²) in [6, 6.07) is 11.0. The fourth-order valence-corrected chi connectivity index (χ4v) is 2.62. The van der Waals surface area contributed by atoms with Crippen LogP contribution >= 0.6 is 0 Å². The second kappa shape index (κ2) is 4.42. The molecule has 20 heavy (non-hydrogen) atoms. The second-order valence-electron chi connectivity index (χ2n) is 4.52. The number of halogens is 1.